The fourth-order valence-electron chi connectivity index (χ4n) is 3.72. The van der Waals surface area contributed by atoms with E-state index in [0.717, 1.165) is 40.0 Å². The smallest absolute Gasteiger partial charge is 0.241 e. The number of hydrogen-bond acceptors (Lipinski definition) is 9. The molecule has 0 saturated heterocycles. The average Bonchev–Trinajstić information content (AvgIpc) is 3.17. The van der Waals surface area contributed by atoms with Gasteiger partial charge in [-0.05, 0) is 30.5 Å². The van der Waals surface area contributed by atoms with Crippen LogP contribution in [0.5, 0.6) is 0 Å². The molecule has 6 rings (SSSR count). The predicted octanol–water partition coefficient (Wildman–Crippen LogP) is 2.42. The summed E-state index contributed by atoms with van der Waals surface area (Å²) in [4.78, 5) is 25.8. The Kier molecular flexibility index (Phi) is 4.51. The summed E-state index contributed by atoms with van der Waals surface area (Å²) in [6.45, 7) is 0.842. The number of carbonyl (C=O) groups is 1. The highest BCUT2D eigenvalue weighted by atomic mass is 32.1. The average molecular weight is 448 g/mol. The first-order valence-electron chi connectivity index (χ1n) is 10.4. The van der Waals surface area contributed by atoms with E-state index < -0.39 is 0 Å². The molecule has 2 aliphatic rings. The SMILES string of the molecule is CN1Nc2ncc(-c3cnn(CC(=O)NC4CC4)c3)nc2N1Cc1ccc2ncsc2c1. The van der Waals surface area contributed by atoms with Gasteiger partial charge in [0.25, 0.3) is 0 Å². The van der Waals surface area contributed by atoms with Gasteiger partial charge in [-0.1, -0.05) is 6.07 Å². The zero-order valence-electron chi connectivity index (χ0n) is 17.4. The second-order valence-electron chi connectivity index (χ2n) is 8.04. The Hall–Kier alpha value is -3.57. The highest BCUT2D eigenvalue weighted by Crippen LogP contribution is 2.33. The lowest BCUT2D eigenvalue weighted by molar-refractivity contribution is -0.122. The van der Waals surface area contributed by atoms with Crippen LogP contribution in [-0.4, -0.2) is 48.8 Å². The molecule has 1 aromatic carbocycles. The van der Waals surface area contributed by atoms with E-state index >= 15 is 0 Å². The van der Waals surface area contributed by atoms with Gasteiger partial charge in [-0.15, -0.1) is 16.5 Å². The van der Waals surface area contributed by atoms with Gasteiger partial charge in [0.2, 0.25) is 5.91 Å². The van der Waals surface area contributed by atoms with E-state index in [9.17, 15) is 4.79 Å². The van der Waals surface area contributed by atoms with E-state index in [1.807, 2.05) is 34.9 Å². The molecule has 1 aliphatic carbocycles. The minimum absolute atomic E-state index is 0.0166. The number of thiazole rings is 1. The fourth-order valence-corrected chi connectivity index (χ4v) is 4.46. The number of nitrogens with zero attached hydrogens (tertiary/aromatic N) is 7. The van der Waals surface area contributed by atoms with Crippen LogP contribution in [0.2, 0.25) is 0 Å². The van der Waals surface area contributed by atoms with Crippen LogP contribution in [0.4, 0.5) is 11.6 Å². The van der Waals surface area contributed by atoms with Gasteiger partial charge in [0, 0.05) is 24.8 Å². The Morgan fingerprint density at radius 1 is 1.28 bits per heavy atom. The molecule has 4 heterocycles. The van der Waals surface area contributed by atoms with Crippen molar-refractivity contribution < 1.29 is 4.79 Å². The summed E-state index contributed by atoms with van der Waals surface area (Å²) >= 11 is 1.63. The second kappa shape index (κ2) is 7.53. The van der Waals surface area contributed by atoms with Crippen LogP contribution in [0.3, 0.4) is 0 Å². The molecular weight excluding hydrogens is 426 g/mol. The van der Waals surface area contributed by atoms with Crippen molar-refractivity contribution in [3.63, 3.8) is 0 Å². The highest BCUT2D eigenvalue weighted by Gasteiger charge is 2.28. The summed E-state index contributed by atoms with van der Waals surface area (Å²) in [5.41, 5.74) is 8.79. The quantitative estimate of drug-likeness (QED) is 0.464. The molecule has 0 atom stereocenters. The van der Waals surface area contributed by atoms with Crippen LogP contribution in [-0.2, 0) is 17.9 Å². The summed E-state index contributed by atoms with van der Waals surface area (Å²) in [5.74, 6) is 1.43. The Labute approximate surface area is 187 Å². The maximum Gasteiger partial charge on any atom is 0.241 e. The highest BCUT2D eigenvalue weighted by molar-refractivity contribution is 7.16. The van der Waals surface area contributed by atoms with Crippen LogP contribution >= 0.6 is 11.3 Å². The predicted molar refractivity (Wildman–Crippen MR) is 122 cm³/mol. The maximum atomic E-state index is 12.1. The van der Waals surface area contributed by atoms with E-state index in [2.05, 4.69) is 37.9 Å². The number of hydrazine groups is 2. The molecule has 162 valence electrons. The van der Waals surface area contributed by atoms with Crippen molar-refractivity contribution in [2.24, 2.45) is 0 Å². The molecule has 1 amide bonds. The van der Waals surface area contributed by atoms with E-state index in [0.29, 0.717) is 24.1 Å². The van der Waals surface area contributed by atoms with Crippen molar-refractivity contribution in [1.82, 2.24) is 35.2 Å². The van der Waals surface area contributed by atoms with Crippen LogP contribution in [0.15, 0.2) is 42.3 Å². The molecule has 0 bridgehead atoms. The molecule has 1 fully saturated rings. The van der Waals surface area contributed by atoms with Crippen LogP contribution in [0, 0.1) is 0 Å². The van der Waals surface area contributed by atoms with Crippen molar-refractivity contribution in [3.8, 4) is 11.3 Å². The minimum atomic E-state index is -0.0166. The molecular formula is C21H21N9OS. The second-order valence-corrected chi connectivity index (χ2v) is 8.93. The molecule has 11 heteroatoms. The summed E-state index contributed by atoms with van der Waals surface area (Å²) in [7, 11) is 1.94. The van der Waals surface area contributed by atoms with Gasteiger partial charge in [0.15, 0.2) is 11.6 Å². The zero-order chi connectivity index (χ0) is 21.7. The lowest BCUT2D eigenvalue weighted by atomic mass is 10.2. The normalized spacial score (nSPS) is 15.7. The largest absolute Gasteiger partial charge is 0.352 e. The van der Waals surface area contributed by atoms with Gasteiger partial charge in [0.05, 0.1) is 40.4 Å². The number of fused-ring (bicyclic) bond motifs is 2. The Morgan fingerprint density at radius 2 is 2.19 bits per heavy atom. The summed E-state index contributed by atoms with van der Waals surface area (Å²) in [6.07, 6.45) is 7.40. The summed E-state index contributed by atoms with van der Waals surface area (Å²) < 4.78 is 2.80. The number of carbonyl (C=O) groups excluding carboxylic acids is 1. The Bertz CT molecular complexity index is 1310. The van der Waals surface area contributed by atoms with Crippen LogP contribution < -0.4 is 15.8 Å². The van der Waals surface area contributed by atoms with E-state index in [-0.39, 0.29) is 12.5 Å². The first-order chi connectivity index (χ1) is 15.6. The van der Waals surface area contributed by atoms with E-state index in [4.69, 9.17) is 4.98 Å². The molecule has 1 aliphatic heterocycles. The van der Waals surface area contributed by atoms with Gasteiger partial charge in [-0.25, -0.2) is 15.0 Å². The lowest BCUT2D eigenvalue weighted by Crippen LogP contribution is -2.37. The molecule has 4 aromatic rings. The van der Waals surface area contributed by atoms with Crippen molar-refractivity contribution in [2.75, 3.05) is 17.5 Å². The number of hydrogen-bond donors (Lipinski definition) is 2. The maximum absolute atomic E-state index is 12.1. The number of rotatable bonds is 6. The third-order valence-corrected chi connectivity index (χ3v) is 6.33. The molecule has 0 unspecified atom stereocenters. The van der Waals surface area contributed by atoms with Gasteiger partial charge in [0.1, 0.15) is 6.54 Å². The number of amides is 1. The molecule has 3 aromatic heterocycles. The monoisotopic (exact) mass is 447 g/mol. The van der Waals surface area contributed by atoms with Gasteiger partial charge < -0.3 is 5.32 Å². The third-order valence-electron chi connectivity index (χ3n) is 5.53. The lowest BCUT2D eigenvalue weighted by Gasteiger charge is -2.24. The first kappa shape index (κ1) is 19.1. The standard InChI is InChI=1S/C21H21N9OS/c1-28-27-20-21(30(28)9-13-2-5-16-18(6-13)32-12-23-16)26-17(8-22-20)14-7-24-29(10-14)11-19(31)25-15-3-4-15/h2,5-8,10,12,15H,3-4,9,11H2,1H3,(H,22,27)(H,25,31). The number of benzene rings is 1. The van der Waals surface area contributed by atoms with Crippen LogP contribution in [0.1, 0.15) is 18.4 Å². The molecule has 0 spiro atoms. The van der Waals surface area contributed by atoms with Gasteiger partial charge in [-0.2, -0.15) is 5.10 Å². The third kappa shape index (κ3) is 3.65. The fraction of sp³-hybridized carbons (Fsp3) is 0.286. The van der Waals surface area contributed by atoms with Crippen LogP contribution in [0.25, 0.3) is 21.5 Å². The summed E-state index contributed by atoms with van der Waals surface area (Å²) in [6, 6.07) is 6.63. The van der Waals surface area contributed by atoms with Crippen molar-refractivity contribution in [3.05, 3.63) is 47.9 Å². The topological polar surface area (TPSA) is 104 Å². The van der Waals surface area contributed by atoms with E-state index in [1.54, 1.807) is 28.4 Å². The zero-order valence-corrected chi connectivity index (χ0v) is 18.2. The van der Waals surface area contributed by atoms with Crippen molar-refractivity contribution in [2.45, 2.75) is 32.0 Å². The van der Waals surface area contributed by atoms with Crippen molar-refractivity contribution >= 4 is 39.1 Å². The molecule has 0 radical (unpaired) electrons. The molecule has 2 N–H and O–H groups in total. The number of aromatic nitrogens is 5. The Balaban J connectivity index is 1.23. The summed E-state index contributed by atoms with van der Waals surface area (Å²) in [5, 5.41) is 11.2. The van der Waals surface area contributed by atoms with Gasteiger partial charge in [-0.3, -0.25) is 19.9 Å². The minimum Gasteiger partial charge on any atom is -0.352 e. The molecule has 32 heavy (non-hydrogen) atoms. The van der Waals surface area contributed by atoms with Crippen molar-refractivity contribution in [1.29, 1.82) is 0 Å². The number of anilines is 2. The van der Waals surface area contributed by atoms with Gasteiger partial charge >= 0.3 is 0 Å². The Morgan fingerprint density at radius 3 is 3.06 bits per heavy atom. The molecule has 10 nitrogen and oxygen atoms in total. The van der Waals surface area contributed by atoms with E-state index in [1.165, 1.54) is 0 Å². The molecule has 1 saturated carbocycles. The number of nitrogens with one attached hydrogen (secondary N) is 2. The first-order valence-corrected chi connectivity index (χ1v) is 11.3.